The largest absolute Gasteiger partial charge is 0.394 e. The number of benzene rings is 2. The van der Waals surface area contributed by atoms with E-state index in [9.17, 15) is 9.18 Å². The summed E-state index contributed by atoms with van der Waals surface area (Å²) in [6, 6.07) is 13.1. The van der Waals surface area contributed by atoms with Crippen LogP contribution in [0, 0.1) is 5.82 Å². The van der Waals surface area contributed by atoms with E-state index >= 15 is 0 Å². The number of hydrogen-bond donors (Lipinski definition) is 3. The normalized spacial score (nSPS) is 27.4. The van der Waals surface area contributed by atoms with Crippen molar-refractivity contribution in [3.8, 4) is 0 Å². The Kier molecular flexibility index (Phi) is 4.29. The first-order valence-electron chi connectivity index (χ1n) is 10.6. The highest BCUT2D eigenvalue weighted by Crippen LogP contribution is 2.39. The molecule has 0 aromatic heterocycles. The van der Waals surface area contributed by atoms with Crippen LogP contribution in [0.25, 0.3) is 5.57 Å². The quantitative estimate of drug-likeness (QED) is 0.403. The van der Waals surface area contributed by atoms with Gasteiger partial charge in [0.2, 0.25) is 0 Å². The Balaban J connectivity index is 1.31. The predicted molar refractivity (Wildman–Crippen MR) is 116 cm³/mol. The lowest BCUT2D eigenvalue weighted by Crippen LogP contribution is -2.44. The molecule has 31 heavy (non-hydrogen) atoms. The standard InChI is InChI=1S/C23H22FN5O2/c24-13-5-6-19-17(9-13)20(23(30)27-19)22-21(16-3-1-2-4-18(16)26-22)28-31-8-7-29-12-14-10-15(29)11-25-14/h1-6,9,14-15,25-26H,7-8,10-12H2,(H,27,30)/b22-20-,28-21+/t14-,15-/m0/s1. The lowest BCUT2D eigenvalue weighted by molar-refractivity contribution is -0.110. The van der Waals surface area contributed by atoms with Crippen molar-refractivity contribution in [2.45, 2.75) is 18.5 Å². The number of rotatable bonds is 4. The highest BCUT2D eigenvalue weighted by molar-refractivity contribution is 6.39. The van der Waals surface area contributed by atoms with Gasteiger partial charge in [-0.05, 0) is 30.7 Å². The lowest BCUT2D eigenvalue weighted by atomic mass is 10.0. The average molecular weight is 419 g/mol. The van der Waals surface area contributed by atoms with Crippen LogP contribution < -0.4 is 16.0 Å². The molecule has 0 radical (unpaired) electrons. The molecule has 2 saturated heterocycles. The van der Waals surface area contributed by atoms with E-state index in [2.05, 4.69) is 26.0 Å². The van der Waals surface area contributed by atoms with Crippen LogP contribution in [-0.4, -0.2) is 54.8 Å². The molecule has 0 aliphatic carbocycles. The summed E-state index contributed by atoms with van der Waals surface area (Å²) in [7, 11) is 0. The van der Waals surface area contributed by atoms with Crippen molar-refractivity contribution in [3.05, 3.63) is 65.1 Å². The van der Waals surface area contributed by atoms with Crippen LogP contribution in [0.5, 0.6) is 0 Å². The second-order valence-corrected chi connectivity index (χ2v) is 8.33. The van der Waals surface area contributed by atoms with Gasteiger partial charge in [-0.1, -0.05) is 23.4 Å². The van der Waals surface area contributed by atoms with Crippen molar-refractivity contribution in [1.29, 1.82) is 0 Å². The minimum absolute atomic E-state index is 0.288. The molecule has 2 aromatic rings. The third-order valence-corrected chi connectivity index (χ3v) is 6.45. The Morgan fingerprint density at radius 2 is 2.00 bits per heavy atom. The number of carbonyl (C=O) groups excluding carboxylic acids is 1. The van der Waals surface area contributed by atoms with Crippen molar-refractivity contribution in [3.63, 3.8) is 0 Å². The number of piperazine rings is 1. The van der Waals surface area contributed by atoms with E-state index in [4.69, 9.17) is 4.84 Å². The Bertz CT molecular complexity index is 1140. The molecule has 2 fully saturated rings. The molecule has 0 unspecified atom stereocenters. The zero-order valence-electron chi connectivity index (χ0n) is 16.8. The van der Waals surface area contributed by atoms with Crippen molar-refractivity contribution in [2.75, 3.05) is 36.9 Å². The first-order chi connectivity index (χ1) is 15.2. The minimum Gasteiger partial charge on any atom is -0.394 e. The van der Waals surface area contributed by atoms with Crippen LogP contribution in [0.1, 0.15) is 17.5 Å². The number of nitrogens with zero attached hydrogens (tertiary/aromatic N) is 2. The molecule has 2 bridgehead atoms. The summed E-state index contributed by atoms with van der Waals surface area (Å²) in [4.78, 5) is 20.9. The van der Waals surface area contributed by atoms with Gasteiger partial charge >= 0.3 is 0 Å². The summed E-state index contributed by atoms with van der Waals surface area (Å²) >= 11 is 0. The maximum atomic E-state index is 13.9. The average Bonchev–Trinajstić information content (AvgIpc) is 3.52. The molecular weight excluding hydrogens is 397 g/mol. The number of fused-ring (bicyclic) bond motifs is 4. The molecule has 4 aliphatic heterocycles. The van der Waals surface area contributed by atoms with Crippen molar-refractivity contribution in [1.82, 2.24) is 10.2 Å². The molecule has 158 valence electrons. The number of halogens is 1. The number of allylic oxidation sites excluding steroid dienone is 1. The number of oxime groups is 1. The highest BCUT2D eigenvalue weighted by Gasteiger charge is 2.37. The zero-order valence-corrected chi connectivity index (χ0v) is 16.8. The third kappa shape index (κ3) is 3.10. The summed E-state index contributed by atoms with van der Waals surface area (Å²) in [5, 5.41) is 14.0. The molecule has 8 heteroatoms. The number of nitrogens with one attached hydrogen (secondary N) is 3. The molecule has 0 spiro atoms. The molecule has 0 saturated carbocycles. The van der Waals surface area contributed by atoms with Gasteiger partial charge in [-0.3, -0.25) is 9.69 Å². The van der Waals surface area contributed by atoms with E-state index in [-0.39, 0.29) is 5.91 Å². The number of likely N-dealkylation sites (tertiary alicyclic amines) is 1. The number of amides is 1. The predicted octanol–water partition coefficient (Wildman–Crippen LogP) is 2.38. The smallest absolute Gasteiger partial charge is 0.258 e. The fraction of sp³-hybridized carbons (Fsp3) is 0.304. The lowest BCUT2D eigenvalue weighted by Gasteiger charge is -2.26. The Labute approximate surface area is 178 Å². The zero-order chi connectivity index (χ0) is 20.9. The molecule has 4 heterocycles. The molecule has 4 aliphatic rings. The van der Waals surface area contributed by atoms with Crippen LogP contribution in [0.15, 0.2) is 53.3 Å². The Morgan fingerprint density at radius 3 is 2.84 bits per heavy atom. The highest BCUT2D eigenvalue weighted by atomic mass is 19.1. The van der Waals surface area contributed by atoms with Crippen LogP contribution in [-0.2, 0) is 9.63 Å². The summed E-state index contributed by atoms with van der Waals surface area (Å²) in [6.45, 7) is 3.37. The van der Waals surface area contributed by atoms with Gasteiger partial charge in [0.25, 0.3) is 5.91 Å². The van der Waals surface area contributed by atoms with Crippen LogP contribution >= 0.6 is 0 Å². The van der Waals surface area contributed by atoms with Crippen LogP contribution in [0.4, 0.5) is 15.8 Å². The van der Waals surface area contributed by atoms with Gasteiger partial charge in [0.1, 0.15) is 18.1 Å². The second-order valence-electron chi connectivity index (χ2n) is 8.33. The van der Waals surface area contributed by atoms with Gasteiger partial charge < -0.3 is 20.8 Å². The molecule has 7 nitrogen and oxygen atoms in total. The molecule has 2 atom stereocenters. The van der Waals surface area contributed by atoms with E-state index in [0.717, 1.165) is 30.9 Å². The molecular formula is C23H22FN5O2. The molecule has 6 rings (SSSR count). The molecule has 2 aromatic carbocycles. The second kappa shape index (κ2) is 7.18. The Hall–Kier alpha value is -3.23. The maximum absolute atomic E-state index is 13.9. The van der Waals surface area contributed by atoms with E-state index in [1.54, 1.807) is 6.07 Å². The summed E-state index contributed by atoms with van der Waals surface area (Å²) < 4.78 is 13.9. The van der Waals surface area contributed by atoms with Gasteiger partial charge in [0, 0.05) is 54.2 Å². The van der Waals surface area contributed by atoms with Crippen molar-refractivity contribution in [2.24, 2.45) is 5.16 Å². The van der Waals surface area contributed by atoms with Gasteiger partial charge in [-0.25, -0.2) is 4.39 Å². The first kappa shape index (κ1) is 18.5. The van der Waals surface area contributed by atoms with Crippen molar-refractivity contribution >= 4 is 28.6 Å². The maximum Gasteiger partial charge on any atom is 0.258 e. The van der Waals surface area contributed by atoms with E-state index in [0.29, 0.717) is 46.9 Å². The number of carbonyl (C=O) groups is 1. The summed E-state index contributed by atoms with van der Waals surface area (Å²) in [5.74, 6) is -0.683. The number of hydrogen-bond acceptors (Lipinski definition) is 6. The molecule has 3 N–H and O–H groups in total. The topological polar surface area (TPSA) is 78.0 Å². The summed E-state index contributed by atoms with van der Waals surface area (Å²) in [6.07, 6.45) is 1.20. The fourth-order valence-electron chi connectivity index (χ4n) is 4.98. The van der Waals surface area contributed by atoms with Crippen LogP contribution in [0.3, 0.4) is 0 Å². The van der Waals surface area contributed by atoms with E-state index < -0.39 is 5.82 Å². The van der Waals surface area contributed by atoms with Gasteiger partial charge in [0.15, 0.2) is 0 Å². The monoisotopic (exact) mass is 419 g/mol. The van der Waals surface area contributed by atoms with Gasteiger partial charge in [0.05, 0.1) is 11.3 Å². The first-order valence-corrected chi connectivity index (χ1v) is 10.6. The third-order valence-electron chi connectivity index (χ3n) is 6.45. The van der Waals surface area contributed by atoms with E-state index in [1.165, 1.54) is 18.6 Å². The van der Waals surface area contributed by atoms with Crippen LogP contribution in [0.2, 0.25) is 0 Å². The minimum atomic E-state index is -0.395. The van der Waals surface area contributed by atoms with Gasteiger partial charge in [-0.2, -0.15) is 0 Å². The number of anilines is 2. The summed E-state index contributed by atoms with van der Waals surface area (Å²) in [5.41, 5.74) is 4.27. The van der Waals surface area contributed by atoms with Gasteiger partial charge in [-0.15, -0.1) is 0 Å². The molecule has 1 amide bonds. The number of para-hydroxylation sites is 1. The van der Waals surface area contributed by atoms with Crippen molar-refractivity contribution < 1.29 is 14.0 Å². The fourth-order valence-corrected chi connectivity index (χ4v) is 4.98. The SMILES string of the molecule is O=C1Nc2ccc(F)cc2/C1=C1/Nc2ccccc2/C1=N\OCCN1C[C@@H]2C[C@H]1CN2. The Morgan fingerprint density at radius 1 is 1.13 bits per heavy atom. The van der Waals surface area contributed by atoms with E-state index in [1.807, 2.05) is 24.3 Å².